The first-order valence-corrected chi connectivity index (χ1v) is 7.30. The molecule has 108 valence electrons. The Bertz CT molecular complexity index is 265. The molecule has 18 heavy (non-hydrogen) atoms. The van der Waals surface area contributed by atoms with Gasteiger partial charge in [-0.2, -0.15) is 0 Å². The van der Waals surface area contributed by atoms with Crippen LogP contribution in [0.1, 0.15) is 47.5 Å². The van der Waals surface area contributed by atoms with Crippen molar-refractivity contribution in [2.45, 2.75) is 65.1 Å². The molecule has 1 saturated carbocycles. The smallest absolute Gasteiger partial charge is 0.0658 e. The highest BCUT2D eigenvalue weighted by atomic mass is 16.5. The Balaban J connectivity index is 2.50. The lowest BCUT2D eigenvalue weighted by atomic mass is 9.61. The van der Waals surface area contributed by atoms with Crippen molar-refractivity contribution in [2.24, 2.45) is 5.41 Å². The number of hydrogen-bond acceptors (Lipinski definition) is 3. The molecule has 0 aromatic carbocycles. The average Bonchev–Trinajstić information content (AvgIpc) is 2.31. The largest absolute Gasteiger partial charge is 0.378 e. The van der Waals surface area contributed by atoms with E-state index in [1.54, 1.807) is 0 Å². The molecule has 0 spiro atoms. The van der Waals surface area contributed by atoms with E-state index < -0.39 is 0 Å². The van der Waals surface area contributed by atoms with Crippen LogP contribution in [0, 0.1) is 5.41 Å². The van der Waals surface area contributed by atoms with Gasteiger partial charge in [0.25, 0.3) is 0 Å². The molecule has 1 fully saturated rings. The van der Waals surface area contributed by atoms with Crippen LogP contribution in [0.15, 0.2) is 0 Å². The normalized spacial score (nSPS) is 32.7. The Kier molecular flexibility index (Phi) is 5.22. The van der Waals surface area contributed by atoms with Gasteiger partial charge in [-0.1, -0.05) is 13.8 Å². The molecule has 1 rings (SSSR count). The van der Waals surface area contributed by atoms with E-state index >= 15 is 0 Å². The summed E-state index contributed by atoms with van der Waals surface area (Å²) in [7, 11) is 4.29. The Hall–Kier alpha value is -0.120. The lowest BCUT2D eigenvalue weighted by Gasteiger charge is -2.54. The average molecular weight is 256 g/mol. The lowest BCUT2D eigenvalue weighted by molar-refractivity contribution is -0.127. The molecule has 0 heterocycles. The summed E-state index contributed by atoms with van der Waals surface area (Å²) in [5.74, 6) is 0. The molecule has 1 aliphatic rings. The second-order valence-electron chi connectivity index (χ2n) is 6.68. The summed E-state index contributed by atoms with van der Waals surface area (Å²) in [4.78, 5) is 2.28. The van der Waals surface area contributed by atoms with E-state index in [-0.39, 0.29) is 5.54 Å². The minimum Gasteiger partial charge on any atom is -0.378 e. The summed E-state index contributed by atoms with van der Waals surface area (Å²) in [6.07, 6.45) is 2.77. The summed E-state index contributed by atoms with van der Waals surface area (Å²) < 4.78 is 5.84. The van der Waals surface area contributed by atoms with E-state index in [1.165, 1.54) is 6.42 Å². The summed E-state index contributed by atoms with van der Waals surface area (Å²) >= 11 is 0. The van der Waals surface area contributed by atoms with Crippen LogP contribution in [0.2, 0.25) is 0 Å². The van der Waals surface area contributed by atoms with Crippen molar-refractivity contribution in [3.05, 3.63) is 0 Å². The van der Waals surface area contributed by atoms with E-state index in [2.05, 4.69) is 58.9 Å². The van der Waals surface area contributed by atoms with Crippen LogP contribution in [0.3, 0.4) is 0 Å². The van der Waals surface area contributed by atoms with Crippen molar-refractivity contribution < 1.29 is 4.74 Å². The maximum absolute atomic E-state index is 5.84. The number of rotatable bonds is 7. The standard InChI is InChI=1S/C15H32N2O/c1-8-15(5)12(10-13(15)18-9-2)16-11-14(3,4)17(6)7/h12-13,16H,8-11H2,1-7H3. The highest BCUT2D eigenvalue weighted by Crippen LogP contribution is 2.45. The SMILES string of the molecule is CCOC1CC(NCC(C)(C)N(C)C)C1(C)CC. The van der Waals surface area contributed by atoms with Crippen molar-refractivity contribution in [1.29, 1.82) is 0 Å². The van der Waals surface area contributed by atoms with Crippen molar-refractivity contribution in [2.75, 3.05) is 27.2 Å². The number of ether oxygens (including phenoxy) is 1. The molecule has 0 amide bonds. The summed E-state index contributed by atoms with van der Waals surface area (Å²) in [5, 5.41) is 3.75. The maximum Gasteiger partial charge on any atom is 0.0658 e. The molecule has 0 saturated heterocycles. The van der Waals surface area contributed by atoms with Gasteiger partial charge in [0.05, 0.1) is 6.10 Å². The highest BCUT2D eigenvalue weighted by molar-refractivity contribution is 5.05. The van der Waals surface area contributed by atoms with Gasteiger partial charge in [-0.3, -0.25) is 0 Å². The van der Waals surface area contributed by atoms with Crippen LogP contribution < -0.4 is 5.32 Å². The molecule has 1 N–H and O–H groups in total. The first-order chi connectivity index (χ1) is 8.28. The van der Waals surface area contributed by atoms with E-state index in [1.807, 2.05) is 0 Å². The number of nitrogens with one attached hydrogen (secondary N) is 1. The van der Waals surface area contributed by atoms with Gasteiger partial charge in [0.15, 0.2) is 0 Å². The molecular formula is C15H32N2O. The van der Waals surface area contributed by atoms with Crippen molar-refractivity contribution >= 4 is 0 Å². The second kappa shape index (κ2) is 5.89. The zero-order chi connectivity index (χ0) is 14.0. The van der Waals surface area contributed by atoms with Gasteiger partial charge >= 0.3 is 0 Å². The Morgan fingerprint density at radius 2 is 1.94 bits per heavy atom. The minimum atomic E-state index is 0.200. The molecule has 0 bridgehead atoms. The van der Waals surface area contributed by atoms with E-state index in [9.17, 15) is 0 Å². The molecule has 0 aliphatic heterocycles. The van der Waals surface area contributed by atoms with Gasteiger partial charge in [0.1, 0.15) is 0 Å². The van der Waals surface area contributed by atoms with E-state index in [4.69, 9.17) is 4.74 Å². The molecule has 0 radical (unpaired) electrons. The zero-order valence-corrected chi connectivity index (χ0v) is 13.3. The zero-order valence-electron chi connectivity index (χ0n) is 13.3. The third kappa shape index (κ3) is 3.06. The van der Waals surface area contributed by atoms with Gasteiger partial charge in [0, 0.05) is 30.1 Å². The van der Waals surface area contributed by atoms with Crippen LogP contribution in [0.4, 0.5) is 0 Å². The molecule has 3 unspecified atom stereocenters. The number of hydrogen-bond donors (Lipinski definition) is 1. The van der Waals surface area contributed by atoms with Gasteiger partial charge < -0.3 is 15.0 Å². The molecule has 0 aromatic heterocycles. The monoisotopic (exact) mass is 256 g/mol. The van der Waals surface area contributed by atoms with Crippen LogP contribution in [-0.2, 0) is 4.74 Å². The lowest BCUT2D eigenvalue weighted by Crippen LogP contribution is -2.64. The Morgan fingerprint density at radius 3 is 2.39 bits per heavy atom. The third-order valence-electron chi connectivity index (χ3n) is 5.10. The van der Waals surface area contributed by atoms with Gasteiger partial charge in [-0.05, 0) is 47.7 Å². The van der Waals surface area contributed by atoms with Crippen molar-refractivity contribution in [1.82, 2.24) is 10.2 Å². The van der Waals surface area contributed by atoms with Crippen LogP contribution >= 0.6 is 0 Å². The van der Waals surface area contributed by atoms with Crippen molar-refractivity contribution in [3.8, 4) is 0 Å². The summed E-state index contributed by atoms with van der Waals surface area (Å²) in [6, 6.07) is 0.596. The predicted molar refractivity (Wildman–Crippen MR) is 78.0 cm³/mol. The number of likely N-dealkylation sites (N-methyl/N-ethyl adjacent to an activating group) is 1. The van der Waals surface area contributed by atoms with Crippen LogP contribution in [-0.4, -0.2) is 49.8 Å². The molecule has 3 atom stereocenters. The molecule has 3 nitrogen and oxygen atoms in total. The van der Waals surface area contributed by atoms with E-state index in [0.29, 0.717) is 17.6 Å². The summed E-state index contributed by atoms with van der Waals surface area (Å²) in [6.45, 7) is 13.1. The molecule has 1 aliphatic carbocycles. The predicted octanol–water partition coefficient (Wildman–Crippen LogP) is 2.51. The van der Waals surface area contributed by atoms with Crippen LogP contribution in [0.5, 0.6) is 0 Å². The second-order valence-corrected chi connectivity index (χ2v) is 6.68. The molecule has 0 aromatic rings. The first-order valence-electron chi connectivity index (χ1n) is 7.30. The Morgan fingerprint density at radius 1 is 1.33 bits per heavy atom. The fraction of sp³-hybridized carbons (Fsp3) is 1.00. The fourth-order valence-electron chi connectivity index (χ4n) is 2.60. The first kappa shape index (κ1) is 15.9. The summed E-state index contributed by atoms with van der Waals surface area (Å²) in [5.41, 5.74) is 0.504. The molecular weight excluding hydrogens is 224 g/mol. The van der Waals surface area contributed by atoms with Crippen LogP contribution in [0.25, 0.3) is 0 Å². The fourth-order valence-corrected chi connectivity index (χ4v) is 2.60. The topological polar surface area (TPSA) is 24.5 Å². The van der Waals surface area contributed by atoms with Crippen molar-refractivity contribution in [3.63, 3.8) is 0 Å². The quantitative estimate of drug-likeness (QED) is 0.757. The Labute approximate surface area is 113 Å². The molecule has 3 heteroatoms. The highest BCUT2D eigenvalue weighted by Gasteiger charge is 2.51. The van der Waals surface area contributed by atoms with Gasteiger partial charge in [-0.25, -0.2) is 0 Å². The third-order valence-corrected chi connectivity index (χ3v) is 5.10. The van der Waals surface area contributed by atoms with Gasteiger partial charge in [-0.15, -0.1) is 0 Å². The minimum absolute atomic E-state index is 0.200. The van der Waals surface area contributed by atoms with E-state index in [0.717, 1.165) is 19.6 Å². The number of nitrogens with zero attached hydrogens (tertiary/aromatic N) is 1. The maximum atomic E-state index is 5.84. The van der Waals surface area contributed by atoms with Gasteiger partial charge in [0.2, 0.25) is 0 Å².